The van der Waals surface area contributed by atoms with E-state index >= 15 is 0 Å². The Kier molecular flexibility index (Phi) is 6.01. The molecule has 2 fully saturated rings. The Morgan fingerprint density at radius 3 is 2.03 bits per heavy atom. The summed E-state index contributed by atoms with van der Waals surface area (Å²) in [6.07, 6.45) is 0. The summed E-state index contributed by atoms with van der Waals surface area (Å²) in [6, 6.07) is 7.06. The van der Waals surface area contributed by atoms with E-state index in [-0.39, 0.29) is 5.75 Å². The maximum Gasteiger partial charge on any atom is 0.250 e. The van der Waals surface area contributed by atoms with Crippen molar-refractivity contribution in [1.29, 1.82) is 0 Å². The molecule has 10 nitrogen and oxygen atoms in total. The van der Waals surface area contributed by atoms with Crippen LogP contribution >= 0.6 is 0 Å². The number of rotatable bonds is 5. The second kappa shape index (κ2) is 9.01. The van der Waals surface area contributed by atoms with Crippen molar-refractivity contribution in [3.05, 3.63) is 29.8 Å². The van der Waals surface area contributed by atoms with Crippen molar-refractivity contribution >= 4 is 23.6 Å². The monoisotopic (exact) mass is 399 g/mol. The molecule has 2 saturated heterocycles. The van der Waals surface area contributed by atoms with Gasteiger partial charge in [-0.25, -0.2) is 5.43 Å². The molecule has 0 unspecified atom stereocenters. The zero-order valence-electron chi connectivity index (χ0n) is 16.4. The highest BCUT2D eigenvalue weighted by molar-refractivity contribution is 6.01. The number of aromatic nitrogens is 3. The summed E-state index contributed by atoms with van der Waals surface area (Å²) in [5.74, 6) is 1.73. The van der Waals surface area contributed by atoms with Gasteiger partial charge in [-0.05, 0) is 19.1 Å². The minimum atomic E-state index is 0.175. The topological polar surface area (TPSA) is 108 Å². The van der Waals surface area contributed by atoms with Crippen LogP contribution in [-0.4, -0.2) is 78.4 Å². The smallest absolute Gasteiger partial charge is 0.250 e. The fourth-order valence-electron chi connectivity index (χ4n) is 3.19. The van der Waals surface area contributed by atoms with Gasteiger partial charge < -0.3 is 24.4 Å². The number of anilines is 3. The molecule has 0 amide bonds. The first-order chi connectivity index (χ1) is 14.2. The first kappa shape index (κ1) is 19.3. The maximum absolute atomic E-state index is 10.0. The van der Waals surface area contributed by atoms with Crippen molar-refractivity contribution in [3.8, 4) is 5.75 Å². The number of phenolic OH excluding ortho intramolecular Hbond substituents is 1. The molecule has 1 aromatic heterocycles. The molecule has 154 valence electrons. The highest BCUT2D eigenvalue weighted by Crippen LogP contribution is 2.20. The molecule has 4 rings (SSSR count). The summed E-state index contributed by atoms with van der Waals surface area (Å²) in [4.78, 5) is 17.9. The largest absolute Gasteiger partial charge is 0.507 e. The third kappa shape index (κ3) is 4.72. The lowest BCUT2D eigenvalue weighted by Gasteiger charge is -2.30. The molecule has 2 aliphatic heterocycles. The van der Waals surface area contributed by atoms with Crippen LogP contribution in [0, 0.1) is 0 Å². The van der Waals surface area contributed by atoms with Crippen molar-refractivity contribution in [2.24, 2.45) is 5.10 Å². The van der Waals surface area contributed by atoms with Crippen LogP contribution in [0.25, 0.3) is 0 Å². The van der Waals surface area contributed by atoms with Gasteiger partial charge in [0, 0.05) is 31.7 Å². The van der Waals surface area contributed by atoms with E-state index < -0.39 is 0 Å². The van der Waals surface area contributed by atoms with Gasteiger partial charge in [0.05, 0.1) is 32.1 Å². The zero-order chi connectivity index (χ0) is 20.1. The van der Waals surface area contributed by atoms with Gasteiger partial charge in [0.25, 0.3) is 0 Å². The Morgan fingerprint density at radius 1 is 0.931 bits per heavy atom. The predicted molar refractivity (Wildman–Crippen MR) is 110 cm³/mol. The molecule has 0 atom stereocenters. The molecular formula is C19H25N7O3. The van der Waals surface area contributed by atoms with E-state index in [0.717, 1.165) is 26.2 Å². The van der Waals surface area contributed by atoms with Gasteiger partial charge in [0.15, 0.2) is 0 Å². The SMILES string of the molecule is C/C(=N/Nc1nc(N2CCOCC2)nc(N2CCOCC2)n1)c1ccccc1O. The van der Waals surface area contributed by atoms with Gasteiger partial charge in [-0.15, -0.1) is 0 Å². The molecule has 0 radical (unpaired) electrons. The molecular weight excluding hydrogens is 374 g/mol. The van der Waals surface area contributed by atoms with Crippen molar-refractivity contribution in [3.63, 3.8) is 0 Å². The Bertz CT molecular complexity index is 828. The van der Waals surface area contributed by atoms with Crippen LogP contribution in [0.2, 0.25) is 0 Å². The third-order valence-corrected chi connectivity index (χ3v) is 4.82. The van der Waals surface area contributed by atoms with Crippen molar-refractivity contribution in [2.45, 2.75) is 6.92 Å². The number of nitrogens with one attached hydrogen (secondary N) is 1. The van der Waals surface area contributed by atoms with Crippen LogP contribution < -0.4 is 15.2 Å². The predicted octanol–water partition coefficient (Wildman–Crippen LogP) is 1.09. The molecule has 0 saturated carbocycles. The molecule has 0 aliphatic carbocycles. The summed E-state index contributed by atoms with van der Waals surface area (Å²) in [7, 11) is 0. The van der Waals surface area contributed by atoms with Gasteiger partial charge in [-0.3, -0.25) is 0 Å². The van der Waals surface area contributed by atoms with Gasteiger partial charge >= 0.3 is 0 Å². The van der Waals surface area contributed by atoms with E-state index in [1.807, 2.05) is 19.1 Å². The van der Waals surface area contributed by atoms with E-state index in [0.29, 0.717) is 55.5 Å². The molecule has 0 spiro atoms. The van der Waals surface area contributed by atoms with Crippen LogP contribution in [0.4, 0.5) is 17.8 Å². The first-order valence-corrected chi connectivity index (χ1v) is 9.71. The zero-order valence-corrected chi connectivity index (χ0v) is 16.4. The number of para-hydroxylation sites is 1. The van der Waals surface area contributed by atoms with Crippen LogP contribution in [0.5, 0.6) is 5.75 Å². The number of nitrogens with zero attached hydrogens (tertiary/aromatic N) is 6. The maximum atomic E-state index is 10.0. The van der Waals surface area contributed by atoms with Crippen molar-refractivity contribution in [1.82, 2.24) is 15.0 Å². The highest BCUT2D eigenvalue weighted by Gasteiger charge is 2.20. The van der Waals surface area contributed by atoms with Gasteiger partial charge in [-0.1, -0.05) is 12.1 Å². The average molecular weight is 399 g/mol. The van der Waals surface area contributed by atoms with E-state index in [9.17, 15) is 5.11 Å². The quantitative estimate of drug-likeness (QED) is 0.564. The van der Waals surface area contributed by atoms with E-state index in [2.05, 4.69) is 35.3 Å². The molecule has 3 heterocycles. The Morgan fingerprint density at radius 2 is 1.48 bits per heavy atom. The number of aromatic hydroxyl groups is 1. The lowest BCUT2D eigenvalue weighted by molar-refractivity contribution is 0.121. The van der Waals surface area contributed by atoms with Crippen LogP contribution in [-0.2, 0) is 9.47 Å². The molecule has 2 aromatic rings. The molecule has 2 N–H and O–H groups in total. The molecule has 0 bridgehead atoms. The minimum Gasteiger partial charge on any atom is -0.507 e. The molecule has 2 aliphatic rings. The van der Waals surface area contributed by atoms with Gasteiger partial charge in [0.2, 0.25) is 17.8 Å². The van der Waals surface area contributed by atoms with E-state index in [1.54, 1.807) is 12.1 Å². The summed E-state index contributed by atoms with van der Waals surface area (Å²) in [5.41, 5.74) is 4.21. The lowest BCUT2D eigenvalue weighted by atomic mass is 10.1. The number of ether oxygens (including phenoxy) is 2. The average Bonchev–Trinajstić information content (AvgIpc) is 2.79. The fraction of sp³-hybridized carbons (Fsp3) is 0.474. The summed E-state index contributed by atoms with van der Waals surface area (Å²) in [5, 5.41) is 14.4. The first-order valence-electron chi connectivity index (χ1n) is 9.71. The second-order valence-corrected chi connectivity index (χ2v) is 6.78. The van der Waals surface area contributed by atoms with Crippen molar-refractivity contribution in [2.75, 3.05) is 67.8 Å². The number of benzene rings is 1. The summed E-state index contributed by atoms with van der Waals surface area (Å²) >= 11 is 0. The highest BCUT2D eigenvalue weighted by atomic mass is 16.5. The number of morpholine rings is 2. The molecule has 1 aromatic carbocycles. The van der Waals surface area contributed by atoms with Gasteiger partial charge in [0.1, 0.15) is 5.75 Å². The van der Waals surface area contributed by atoms with Crippen LogP contribution in [0.15, 0.2) is 29.4 Å². The normalized spacial score (nSPS) is 18.0. The Hall–Kier alpha value is -2.98. The number of hydrogen-bond acceptors (Lipinski definition) is 10. The lowest BCUT2D eigenvalue weighted by Crippen LogP contribution is -2.40. The molecule has 29 heavy (non-hydrogen) atoms. The molecule has 10 heteroatoms. The third-order valence-electron chi connectivity index (χ3n) is 4.82. The van der Waals surface area contributed by atoms with Crippen LogP contribution in [0.1, 0.15) is 12.5 Å². The van der Waals surface area contributed by atoms with Crippen LogP contribution in [0.3, 0.4) is 0 Å². The number of hydrazone groups is 1. The van der Waals surface area contributed by atoms with Gasteiger partial charge in [-0.2, -0.15) is 20.1 Å². The Balaban J connectivity index is 1.60. The van der Waals surface area contributed by atoms with E-state index in [4.69, 9.17) is 9.47 Å². The van der Waals surface area contributed by atoms with Crippen molar-refractivity contribution < 1.29 is 14.6 Å². The summed E-state index contributed by atoms with van der Waals surface area (Å²) < 4.78 is 10.9. The van der Waals surface area contributed by atoms with E-state index in [1.165, 1.54) is 0 Å². The number of phenols is 1. The fourth-order valence-corrected chi connectivity index (χ4v) is 3.19. The Labute approximate surface area is 169 Å². The second-order valence-electron chi connectivity index (χ2n) is 6.78. The minimum absolute atomic E-state index is 0.175. The summed E-state index contributed by atoms with van der Waals surface area (Å²) in [6.45, 7) is 7.31. The standard InChI is InChI=1S/C19H25N7O3/c1-14(15-4-2-3-5-16(15)27)23-24-17-20-18(25-6-10-28-11-7-25)22-19(21-17)26-8-12-29-13-9-26/h2-5,27H,6-13H2,1H3,(H,20,21,22,24)/b23-14-. The number of hydrogen-bond donors (Lipinski definition) is 2.